The Bertz CT molecular complexity index is 1770. The second kappa shape index (κ2) is 9.98. The third kappa shape index (κ3) is 5.14. The maximum atomic E-state index is 12.9. The van der Waals surface area contributed by atoms with Crippen molar-refractivity contribution >= 4 is 39.9 Å². The molecular weight excluding hydrogens is 551 g/mol. The number of anilines is 4. The summed E-state index contributed by atoms with van der Waals surface area (Å²) < 4.78 is 47.2. The van der Waals surface area contributed by atoms with Gasteiger partial charge in [0.1, 0.15) is 17.0 Å². The van der Waals surface area contributed by atoms with Crippen molar-refractivity contribution in [3.63, 3.8) is 0 Å². The lowest BCUT2D eigenvalue weighted by Crippen LogP contribution is -2.27. The first kappa shape index (κ1) is 26.9. The minimum atomic E-state index is -4.81. The lowest BCUT2D eigenvalue weighted by Gasteiger charge is -2.25. The van der Waals surface area contributed by atoms with Gasteiger partial charge in [-0.3, -0.25) is 4.98 Å². The number of hydrogen-bond acceptors (Lipinski definition) is 7. The number of amides is 2. The number of fused-ring (bicyclic) bond motifs is 2. The highest BCUT2D eigenvalue weighted by Gasteiger charge is 2.41. The monoisotopic (exact) mass is 575 g/mol. The van der Waals surface area contributed by atoms with Crippen LogP contribution in [-0.2, 0) is 5.41 Å². The Kier molecular flexibility index (Phi) is 6.40. The molecule has 0 bridgehead atoms. The molecule has 3 heterocycles. The molecule has 6 rings (SSSR count). The van der Waals surface area contributed by atoms with E-state index in [9.17, 15) is 23.1 Å². The van der Waals surface area contributed by atoms with E-state index in [2.05, 4.69) is 25.3 Å². The van der Waals surface area contributed by atoms with Crippen molar-refractivity contribution in [3.8, 4) is 23.0 Å². The second-order valence-corrected chi connectivity index (χ2v) is 10.4. The molecule has 0 aliphatic carbocycles. The molecule has 0 saturated carbocycles. The predicted molar refractivity (Wildman–Crippen MR) is 151 cm³/mol. The number of phenolic OH excluding ortho intramolecular Hbond substituents is 1. The Labute approximate surface area is 237 Å². The summed E-state index contributed by atoms with van der Waals surface area (Å²) >= 11 is 0. The van der Waals surface area contributed by atoms with E-state index in [1.165, 1.54) is 12.1 Å². The highest BCUT2D eigenvalue weighted by molar-refractivity contribution is 6.03. The van der Waals surface area contributed by atoms with Gasteiger partial charge < -0.3 is 29.8 Å². The Morgan fingerprint density at radius 2 is 1.81 bits per heavy atom. The summed E-state index contributed by atoms with van der Waals surface area (Å²) in [4.78, 5) is 23.5. The fourth-order valence-corrected chi connectivity index (χ4v) is 5.21. The van der Waals surface area contributed by atoms with Crippen LogP contribution in [0, 0.1) is 0 Å². The molecule has 2 amide bonds. The van der Waals surface area contributed by atoms with Crippen molar-refractivity contribution in [3.05, 3.63) is 84.7 Å². The molecule has 5 aromatic rings. The van der Waals surface area contributed by atoms with Crippen molar-refractivity contribution in [2.24, 2.45) is 0 Å². The number of ether oxygens (including phenoxy) is 1. The zero-order valence-corrected chi connectivity index (χ0v) is 22.4. The molecule has 42 heavy (non-hydrogen) atoms. The van der Waals surface area contributed by atoms with Crippen LogP contribution in [-0.4, -0.2) is 34.0 Å². The van der Waals surface area contributed by atoms with Crippen LogP contribution in [0.5, 0.6) is 11.5 Å². The average Bonchev–Trinajstić information content (AvgIpc) is 3.49. The Morgan fingerprint density at radius 3 is 2.55 bits per heavy atom. The van der Waals surface area contributed by atoms with Gasteiger partial charge in [0, 0.05) is 35.5 Å². The fraction of sp³-hybridized carbons (Fsp3) is 0.167. The number of aromatic hydroxyl groups is 1. The first-order valence-electron chi connectivity index (χ1n) is 12.9. The summed E-state index contributed by atoms with van der Waals surface area (Å²) in [6, 6.07) is 16.4. The molecule has 2 aromatic heterocycles. The lowest BCUT2D eigenvalue weighted by molar-refractivity contribution is -0.274. The van der Waals surface area contributed by atoms with Crippen molar-refractivity contribution in [1.29, 1.82) is 0 Å². The van der Waals surface area contributed by atoms with Gasteiger partial charge in [0.2, 0.25) is 5.89 Å². The van der Waals surface area contributed by atoms with E-state index in [-0.39, 0.29) is 11.4 Å². The fourth-order valence-electron chi connectivity index (χ4n) is 5.21. The molecule has 3 aromatic carbocycles. The van der Waals surface area contributed by atoms with E-state index in [1.54, 1.807) is 42.7 Å². The minimum absolute atomic E-state index is 0.0533. The molecule has 0 atom stereocenters. The smallest absolute Gasteiger partial charge is 0.506 e. The Morgan fingerprint density at radius 1 is 1.05 bits per heavy atom. The summed E-state index contributed by atoms with van der Waals surface area (Å²) in [6.45, 7) is 4.57. The number of nitrogens with zero attached hydrogens (tertiary/aromatic N) is 3. The van der Waals surface area contributed by atoms with Gasteiger partial charge in [-0.25, -0.2) is 9.78 Å². The van der Waals surface area contributed by atoms with Crippen molar-refractivity contribution < 1.29 is 32.2 Å². The number of nitrogens with one attached hydrogen (secondary N) is 2. The second-order valence-electron chi connectivity index (χ2n) is 10.4. The van der Waals surface area contributed by atoms with Crippen LogP contribution >= 0.6 is 0 Å². The van der Waals surface area contributed by atoms with Crippen LogP contribution in [0.2, 0.25) is 0 Å². The van der Waals surface area contributed by atoms with Gasteiger partial charge in [-0.2, -0.15) is 0 Å². The number of carbonyl (C=O) groups excluding carboxylic acids is 1. The van der Waals surface area contributed by atoms with E-state index < -0.39 is 23.6 Å². The summed E-state index contributed by atoms with van der Waals surface area (Å²) in [5.41, 5.74) is 4.22. The van der Waals surface area contributed by atoms with Gasteiger partial charge in [-0.05, 0) is 54.1 Å². The standard InChI is InChI=1S/C30H24F3N5O4/c1-29(2)16-38(26-23(39)12-11-19(25(26)29)27-36-21-15-34-14-13-24(21)41-27)22-6-4-3-5-20(22)37-28(40)35-17-7-9-18(10-8-17)42-30(31,32)33/h3-15,39H,16H2,1-2H3,(H2,35,37,40). The normalized spacial score (nSPS) is 14.1. The van der Waals surface area contributed by atoms with E-state index in [1.807, 2.05) is 30.9 Å². The molecule has 0 radical (unpaired) electrons. The third-order valence-corrected chi connectivity index (χ3v) is 6.87. The number of benzene rings is 3. The molecule has 12 heteroatoms. The molecule has 0 unspecified atom stereocenters. The number of carbonyl (C=O) groups is 1. The molecular formula is C30H24F3N5O4. The summed E-state index contributed by atoms with van der Waals surface area (Å²) in [5, 5.41) is 16.5. The number of aromatic nitrogens is 2. The summed E-state index contributed by atoms with van der Waals surface area (Å²) in [6.07, 6.45) is -1.56. The maximum Gasteiger partial charge on any atom is 0.573 e. The highest BCUT2D eigenvalue weighted by atomic mass is 19.4. The number of halogens is 3. The van der Waals surface area contributed by atoms with Crippen LogP contribution in [0.1, 0.15) is 19.4 Å². The van der Waals surface area contributed by atoms with Crippen LogP contribution < -0.4 is 20.3 Å². The van der Waals surface area contributed by atoms with Crippen molar-refractivity contribution in [1.82, 2.24) is 9.97 Å². The molecule has 9 nitrogen and oxygen atoms in total. The maximum absolute atomic E-state index is 12.9. The molecule has 1 aliphatic heterocycles. The molecule has 3 N–H and O–H groups in total. The van der Waals surface area contributed by atoms with Crippen molar-refractivity contribution in [2.75, 3.05) is 22.1 Å². The van der Waals surface area contributed by atoms with Gasteiger partial charge in [0.05, 0.1) is 23.3 Å². The van der Waals surface area contributed by atoms with Crippen LogP contribution in [0.4, 0.5) is 40.7 Å². The number of hydrogen-bond donors (Lipinski definition) is 3. The van der Waals surface area contributed by atoms with E-state index in [0.717, 1.165) is 23.3 Å². The third-order valence-electron chi connectivity index (χ3n) is 6.87. The number of pyridine rings is 1. The Balaban J connectivity index is 1.30. The quantitative estimate of drug-likeness (QED) is 0.198. The molecule has 0 fully saturated rings. The van der Waals surface area contributed by atoms with E-state index >= 15 is 0 Å². The first-order chi connectivity index (χ1) is 20.0. The number of rotatable bonds is 5. The average molecular weight is 576 g/mol. The topological polar surface area (TPSA) is 113 Å². The zero-order valence-electron chi connectivity index (χ0n) is 22.4. The van der Waals surface area contributed by atoms with Crippen LogP contribution in [0.15, 0.2) is 83.5 Å². The summed E-state index contributed by atoms with van der Waals surface area (Å²) in [5.74, 6) is 0.0574. The van der Waals surface area contributed by atoms with Crippen LogP contribution in [0.3, 0.4) is 0 Å². The van der Waals surface area contributed by atoms with Gasteiger partial charge in [-0.15, -0.1) is 13.2 Å². The molecule has 0 spiro atoms. The van der Waals surface area contributed by atoms with E-state index in [0.29, 0.717) is 40.6 Å². The molecule has 0 saturated heterocycles. The highest BCUT2D eigenvalue weighted by Crippen LogP contribution is 2.53. The van der Waals surface area contributed by atoms with Gasteiger partial charge in [0.15, 0.2) is 5.58 Å². The van der Waals surface area contributed by atoms with E-state index in [4.69, 9.17) is 4.42 Å². The number of urea groups is 1. The SMILES string of the molecule is CC1(C)CN(c2ccccc2NC(=O)Nc2ccc(OC(F)(F)F)cc2)c2c(O)ccc(-c3nc4cnccc4o3)c21. The van der Waals surface area contributed by atoms with Gasteiger partial charge in [-0.1, -0.05) is 26.0 Å². The number of phenols is 1. The number of para-hydroxylation sites is 2. The first-order valence-corrected chi connectivity index (χ1v) is 12.9. The van der Waals surface area contributed by atoms with Gasteiger partial charge >= 0.3 is 12.4 Å². The molecule has 1 aliphatic rings. The lowest BCUT2D eigenvalue weighted by atomic mass is 9.83. The Hall–Kier alpha value is -5.26. The number of alkyl halides is 3. The minimum Gasteiger partial charge on any atom is -0.506 e. The number of oxazole rings is 1. The zero-order chi connectivity index (χ0) is 29.6. The largest absolute Gasteiger partial charge is 0.573 e. The van der Waals surface area contributed by atoms with Gasteiger partial charge in [0.25, 0.3) is 0 Å². The molecule has 214 valence electrons. The summed E-state index contributed by atoms with van der Waals surface area (Å²) in [7, 11) is 0. The van der Waals surface area contributed by atoms with Crippen molar-refractivity contribution in [2.45, 2.75) is 25.6 Å². The van der Waals surface area contributed by atoms with Crippen LogP contribution in [0.25, 0.3) is 22.6 Å². The predicted octanol–water partition coefficient (Wildman–Crippen LogP) is 7.57.